The zero-order valence-electron chi connectivity index (χ0n) is 7.27. The highest BCUT2D eigenvalue weighted by Gasteiger charge is 2.32. The van der Waals surface area contributed by atoms with Crippen LogP contribution in [-0.2, 0) is 4.79 Å². The molecule has 0 bridgehead atoms. The second-order valence-corrected chi connectivity index (χ2v) is 4.10. The zero-order valence-corrected chi connectivity index (χ0v) is 8.03. The van der Waals surface area contributed by atoms with Crippen LogP contribution in [0.2, 0.25) is 0 Å². The topological polar surface area (TPSA) is 43.1 Å². The Balaban J connectivity index is 2.79. The van der Waals surface area contributed by atoms with Gasteiger partial charge in [0.15, 0.2) is 0 Å². The first kappa shape index (κ1) is 9.59. The molecule has 0 spiro atoms. The van der Waals surface area contributed by atoms with Crippen molar-refractivity contribution in [1.29, 1.82) is 0 Å². The maximum atomic E-state index is 11.0. The summed E-state index contributed by atoms with van der Waals surface area (Å²) in [6.07, 6.45) is 6.27. The summed E-state index contributed by atoms with van der Waals surface area (Å²) in [4.78, 5) is 10.0. The average Bonchev–Trinajstić information content (AvgIpc) is 2.06. The second-order valence-electron chi connectivity index (χ2n) is 3.34. The van der Waals surface area contributed by atoms with Crippen LogP contribution in [0.15, 0.2) is 11.6 Å². The molecular weight excluding hydrogens is 174 g/mol. The maximum absolute atomic E-state index is 11.0. The Morgan fingerprint density at radius 2 is 2.33 bits per heavy atom. The number of primary amides is 1. The molecular formula is C9H14ClNO. The van der Waals surface area contributed by atoms with Crippen molar-refractivity contribution in [3.05, 3.63) is 11.6 Å². The number of nitrogens with two attached hydrogens (primary N) is 1. The van der Waals surface area contributed by atoms with E-state index in [1.54, 1.807) is 6.92 Å². The summed E-state index contributed by atoms with van der Waals surface area (Å²) in [7, 11) is 0. The number of hydrogen-bond donors (Lipinski definition) is 1. The molecule has 0 radical (unpaired) electrons. The molecule has 0 saturated carbocycles. The molecule has 1 rings (SSSR count). The maximum Gasteiger partial charge on any atom is 0.242 e. The number of carbonyl (C=O) groups excluding carboxylic acids is 1. The normalized spacial score (nSPS) is 22.7. The van der Waals surface area contributed by atoms with E-state index in [1.165, 1.54) is 6.42 Å². The van der Waals surface area contributed by atoms with Crippen LogP contribution in [0.5, 0.6) is 0 Å². The van der Waals surface area contributed by atoms with E-state index in [0.29, 0.717) is 0 Å². The monoisotopic (exact) mass is 187 g/mol. The Morgan fingerprint density at radius 1 is 1.67 bits per heavy atom. The van der Waals surface area contributed by atoms with Gasteiger partial charge in [0.2, 0.25) is 5.91 Å². The van der Waals surface area contributed by atoms with Crippen molar-refractivity contribution in [3.8, 4) is 0 Å². The predicted molar refractivity (Wildman–Crippen MR) is 50.0 cm³/mol. The third kappa shape index (κ3) is 1.81. The summed E-state index contributed by atoms with van der Waals surface area (Å²) >= 11 is 6.01. The Kier molecular flexibility index (Phi) is 2.78. The van der Waals surface area contributed by atoms with Crippen LogP contribution in [0.3, 0.4) is 0 Å². The lowest BCUT2D eigenvalue weighted by molar-refractivity contribution is -0.119. The number of alkyl halides is 1. The summed E-state index contributed by atoms with van der Waals surface area (Å²) < 4.78 is 0. The van der Waals surface area contributed by atoms with Crippen molar-refractivity contribution < 1.29 is 4.79 Å². The number of carbonyl (C=O) groups is 1. The SMILES string of the molecule is CC(Cl)(C(N)=O)C1=CCCCC1. The number of rotatable bonds is 2. The van der Waals surface area contributed by atoms with Crippen LogP contribution in [0, 0.1) is 0 Å². The molecule has 2 nitrogen and oxygen atoms in total. The highest BCUT2D eigenvalue weighted by Crippen LogP contribution is 2.31. The van der Waals surface area contributed by atoms with E-state index < -0.39 is 10.8 Å². The van der Waals surface area contributed by atoms with E-state index in [4.69, 9.17) is 17.3 Å². The Morgan fingerprint density at radius 3 is 2.75 bits per heavy atom. The average molecular weight is 188 g/mol. The van der Waals surface area contributed by atoms with Gasteiger partial charge in [0, 0.05) is 0 Å². The molecule has 0 heterocycles. The van der Waals surface area contributed by atoms with Crippen LogP contribution < -0.4 is 5.73 Å². The first-order chi connectivity index (χ1) is 5.55. The number of halogens is 1. The molecule has 0 aliphatic heterocycles. The quantitative estimate of drug-likeness (QED) is 0.521. The second kappa shape index (κ2) is 3.48. The molecule has 1 atom stereocenters. The molecule has 68 valence electrons. The van der Waals surface area contributed by atoms with Crippen LogP contribution >= 0.6 is 11.6 Å². The molecule has 1 amide bonds. The van der Waals surface area contributed by atoms with Gasteiger partial charge < -0.3 is 5.73 Å². The third-order valence-corrected chi connectivity index (χ3v) is 2.79. The lowest BCUT2D eigenvalue weighted by Gasteiger charge is -2.24. The van der Waals surface area contributed by atoms with E-state index in [-0.39, 0.29) is 0 Å². The molecule has 3 heteroatoms. The summed E-state index contributed by atoms with van der Waals surface area (Å²) in [6.45, 7) is 1.67. The first-order valence-electron chi connectivity index (χ1n) is 4.23. The lowest BCUT2D eigenvalue weighted by atomic mass is 9.89. The fourth-order valence-corrected chi connectivity index (χ4v) is 1.59. The Bertz CT molecular complexity index is 221. The molecule has 0 saturated heterocycles. The van der Waals surface area contributed by atoms with Gasteiger partial charge in [-0.3, -0.25) is 4.79 Å². The molecule has 1 unspecified atom stereocenters. The number of allylic oxidation sites excluding steroid dienone is 1. The summed E-state index contributed by atoms with van der Waals surface area (Å²) in [5.74, 6) is -0.447. The molecule has 2 N–H and O–H groups in total. The summed E-state index contributed by atoms with van der Waals surface area (Å²) in [6, 6.07) is 0. The largest absolute Gasteiger partial charge is 0.368 e. The molecule has 0 aromatic carbocycles. The van der Waals surface area contributed by atoms with Gasteiger partial charge in [-0.25, -0.2) is 0 Å². The third-order valence-electron chi connectivity index (χ3n) is 2.36. The van der Waals surface area contributed by atoms with Gasteiger partial charge in [-0.05, 0) is 38.2 Å². The number of amides is 1. The van der Waals surface area contributed by atoms with Gasteiger partial charge in [-0.15, -0.1) is 11.6 Å². The Hall–Kier alpha value is -0.500. The van der Waals surface area contributed by atoms with Crippen molar-refractivity contribution in [1.82, 2.24) is 0 Å². The molecule has 0 aromatic heterocycles. The van der Waals surface area contributed by atoms with E-state index in [0.717, 1.165) is 24.8 Å². The minimum atomic E-state index is -0.958. The van der Waals surface area contributed by atoms with Crippen molar-refractivity contribution in [2.75, 3.05) is 0 Å². The van der Waals surface area contributed by atoms with Gasteiger partial charge in [-0.1, -0.05) is 6.08 Å². The van der Waals surface area contributed by atoms with Gasteiger partial charge in [0.05, 0.1) is 0 Å². The van der Waals surface area contributed by atoms with Crippen LogP contribution in [0.25, 0.3) is 0 Å². The minimum absolute atomic E-state index is 0.447. The van der Waals surface area contributed by atoms with Crippen molar-refractivity contribution in [2.24, 2.45) is 5.73 Å². The fourth-order valence-electron chi connectivity index (χ4n) is 1.42. The van der Waals surface area contributed by atoms with E-state index in [1.807, 2.05) is 6.08 Å². The summed E-state index contributed by atoms with van der Waals surface area (Å²) in [5, 5.41) is 0. The van der Waals surface area contributed by atoms with E-state index in [2.05, 4.69) is 0 Å². The van der Waals surface area contributed by atoms with E-state index in [9.17, 15) is 4.79 Å². The first-order valence-corrected chi connectivity index (χ1v) is 4.61. The van der Waals surface area contributed by atoms with Gasteiger partial charge in [-0.2, -0.15) is 0 Å². The van der Waals surface area contributed by atoms with Gasteiger partial charge in [0.25, 0.3) is 0 Å². The smallest absolute Gasteiger partial charge is 0.242 e. The van der Waals surface area contributed by atoms with Gasteiger partial charge in [0.1, 0.15) is 4.87 Å². The summed E-state index contributed by atoms with van der Waals surface area (Å²) in [5.41, 5.74) is 6.18. The van der Waals surface area contributed by atoms with Crippen LogP contribution in [0.4, 0.5) is 0 Å². The molecule has 0 fully saturated rings. The standard InChI is InChI=1S/C9H14ClNO/c1-9(10,8(11)12)7-5-3-2-4-6-7/h5H,2-4,6H2,1H3,(H2,11,12). The van der Waals surface area contributed by atoms with Crippen LogP contribution in [0.1, 0.15) is 32.6 Å². The molecule has 12 heavy (non-hydrogen) atoms. The molecule has 1 aliphatic carbocycles. The fraction of sp³-hybridized carbons (Fsp3) is 0.667. The molecule has 0 aromatic rings. The number of hydrogen-bond acceptors (Lipinski definition) is 1. The highest BCUT2D eigenvalue weighted by molar-refractivity contribution is 6.36. The Labute approximate surface area is 77.8 Å². The van der Waals surface area contributed by atoms with Crippen molar-refractivity contribution in [3.63, 3.8) is 0 Å². The van der Waals surface area contributed by atoms with Crippen LogP contribution in [-0.4, -0.2) is 10.8 Å². The minimum Gasteiger partial charge on any atom is -0.368 e. The van der Waals surface area contributed by atoms with Gasteiger partial charge >= 0.3 is 0 Å². The van der Waals surface area contributed by atoms with Crippen molar-refractivity contribution in [2.45, 2.75) is 37.5 Å². The predicted octanol–water partition coefficient (Wildman–Crippen LogP) is 1.97. The van der Waals surface area contributed by atoms with E-state index >= 15 is 0 Å². The highest BCUT2D eigenvalue weighted by atomic mass is 35.5. The molecule has 1 aliphatic rings. The zero-order chi connectivity index (χ0) is 9.19. The van der Waals surface area contributed by atoms with Crippen molar-refractivity contribution >= 4 is 17.5 Å². The lowest BCUT2D eigenvalue weighted by Crippen LogP contribution is -2.37.